The van der Waals surface area contributed by atoms with Crippen LogP contribution in [-0.4, -0.2) is 16.4 Å². The summed E-state index contributed by atoms with van der Waals surface area (Å²) in [4.78, 5) is 15.2. The average molecular weight is 574 g/mol. The molecule has 0 aliphatic carbocycles. The first-order valence-electron chi connectivity index (χ1n) is 12.1. The molecule has 3 nitrogen and oxygen atoms in total. The summed E-state index contributed by atoms with van der Waals surface area (Å²) in [5.74, 6) is 0. The SMILES string of the molecule is CC(=Nc1c(C)cc(C)cc1C)c1cc2ccccc2c(C(C)=Nc2c(C)cc(C)cc2C)n1.[Cl][Fe][Cl]. The first kappa shape index (κ1) is 29.1. The van der Waals surface area contributed by atoms with Gasteiger partial charge in [-0.15, -0.1) is 0 Å². The number of hydrogen-bond acceptors (Lipinski definition) is 3. The van der Waals surface area contributed by atoms with Gasteiger partial charge in [-0.2, -0.15) is 0 Å². The van der Waals surface area contributed by atoms with Crippen LogP contribution in [-0.2, 0) is 13.1 Å². The molecule has 1 heterocycles. The first-order valence-corrected chi connectivity index (χ1v) is 15.1. The van der Waals surface area contributed by atoms with Crippen LogP contribution < -0.4 is 0 Å². The second-order valence-electron chi connectivity index (χ2n) is 9.52. The standard InChI is InChI=1S/C31H33N3.2ClH.Fe/c1-18-13-20(3)29(21(4)14-18)32-24(7)28-17-26-11-9-10-12-27(26)31(34-28)25(8)33-30-22(5)15-19(2)16-23(30)6;;;/h9-17H,1-8H3;2*1H;/q;;;+2/p-2. The Morgan fingerprint density at radius 1 is 0.676 bits per heavy atom. The van der Waals surface area contributed by atoms with E-state index in [1.54, 1.807) is 0 Å². The zero-order chi connectivity index (χ0) is 27.3. The molecule has 37 heavy (non-hydrogen) atoms. The second-order valence-corrected chi connectivity index (χ2v) is 11.3. The number of halogens is 2. The van der Waals surface area contributed by atoms with Gasteiger partial charge < -0.3 is 0 Å². The Morgan fingerprint density at radius 2 is 1.11 bits per heavy atom. The van der Waals surface area contributed by atoms with E-state index in [0.717, 1.165) is 45.0 Å². The summed E-state index contributed by atoms with van der Waals surface area (Å²) in [5.41, 5.74) is 12.9. The van der Waals surface area contributed by atoms with Gasteiger partial charge >= 0.3 is 33.3 Å². The fourth-order valence-electron chi connectivity index (χ4n) is 4.80. The molecule has 1 aromatic heterocycles. The number of fused-ring (bicyclic) bond motifs is 1. The number of nitrogens with zero attached hydrogens (tertiary/aromatic N) is 3. The Balaban J connectivity index is 0.00000121. The Morgan fingerprint density at radius 3 is 1.59 bits per heavy atom. The van der Waals surface area contributed by atoms with Gasteiger partial charge in [0, 0.05) is 5.39 Å². The van der Waals surface area contributed by atoms with Crippen molar-refractivity contribution in [2.45, 2.75) is 55.4 Å². The monoisotopic (exact) mass is 573 g/mol. The third-order valence-corrected chi connectivity index (χ3v) is 6.28. The summed E-state index contributed by atoms with van der Waals surface area (Å²) in [6.07, 6.45) is 0. The van der Waals surface area contributed by atoms with Gasteiger partial charge in [-0.1, -0.05) is 59.7 Å². The average Bonchev–Trinajstić information content (AvgIpc) is 2.83. The molecule has 0 unspecified atom stereocenters. The van der Waals surface area contributed by atoms with E-state index in [9.17, 15) is 0 Å². The van der Waals surface area contributed by atoms with Crippen molar-refractivity contribution in [2.75, 3.05) is 0 Å². The molecule has 0 saturated heterocycles. The summed E-state index contributed by atoms with van der Waals surface area (Å²) in [6, 6.07) is 19.2. The van der Waals surface area contributed by atoms with Crippen LogP contribution in [0.2, 0.25) is 0 Å². The number of aliphatic imine (C=N–C) groups is 2. The summed E-state index contributed by atoms with van der Waals surface area (Å²) in [6.45, 7) is 16.8. The van der Waals surface area contributed by atoms with Crippen molar-refractivity contribution in [2.24, 2.45) is 9.98 Å². The molecule has 0 aliphatic heterocycles. The van der Waals surface area contributed by atoms with Crippen molar-refractivity contribution in [3.05, 3.63) is 99.4 Å². The normalized spacial score (nSPS) is 12.1. The van der Waals surface area contributed by atoms with Gasteiger partial charge in [0.05, 0.1) is 34.2 Å². The van der Waals surface area contributed by atoms with Gasteiger partial charge in [-0.25, -0.2) is 4.98 Å². The van der Waals surface area contributed by atoms with Crippen LogP contribution in [0.1, 0.15) is 58.6 Å². The molecule has 4 rings (SSSR count). The topological polar surface area (TPSA) is 37.6 Å². The van der Waals surface area contributed by atoms with Crippen LogP contribution in [0.15, 0.2) is 64.6 Å². The fraction of sp³-hybridized carbons (Fsp3) is 0.258. The van der Waals surface area contributed by atoms with Crippen LogP contribution in [0, 0.1) is 41.5 Å². The molecule has 0 amide bonds. The van der Waals surface area contributed by atoms with Crippen LogP contribution >= 0.6 is 20.2 Å². The van der Waals surface area contributed by atoms with Crippen LogP contribution in [0.5, 0.6) is 0 Å². The van der Waals surface area contributed by atoms with E-state index in [1.807, 2.05) is 6.92 Å². The molecule has 0 bridgehead atoms. The molecule has 4 aromatic rings. The number of aryl methyl sites for hydroxylation is 6. The molecule has 6 heteroatoms. The van der Waals surface area contributed by atoms with Gasteiger partial charge in [0.1, 0.15) is 0 Å². The fourth-order valence-corrected chi connectivity index (χ4v) is 4.80. The van der Waals surface area contributed by atoms with Gasteiger partial charge in [0.15, 0.2) is 0 Å². The zero-order valence-electron chi connectivity index (χ0n) is 22.6. The van der Waals surface area contributed by atoms with E-state index in [4.69, 9.17) is 35.2 Å². The van der Waals surface area contributed by atoms with Crippen molar-refractivity contribution >= 4 is 53.8 Å². The summed E-state index contributed by atoms with van der Waals surface area (Å²) >= 11 is 0.194. The minimum absolute atomic E-state index is 0.194. The quantitative estimate of drug-likeness (QED) is 0.177. The summed E-state index contributed by atoms with van der Waals surface area (Å²) in [7, 11) is 9.53. The number of benzene rings is 3. The Kier molecular flexibility index (Phi) is 10.1. The molecule has 0 radical (unpaired) electrons. The molecule has 0 atom stereocenters. The van der Waals surface area contributed by atoms with Crippen LogP contribution in [0.4, 0.5) is 11.4 Å². The van der Waals surface area contributed by atoms with Gasteiger partial charge in [-0.3, -0.25) is 9.98 Å². The van der Waals surface area contributed by atoms with Gasteiger partial charge in [0.25, 0.3) is 0 Å². The maximum absolute atomic E-state index is 5.09. The van der Waals surface area contributed by atoms with E-state index in [2.05, 4.69) is 103 Å². The van der Waals surface area contributed by atoms with E-state index >= 15 is 0 Å². The second kappa shape index (κ2) is 12.8. The molecule has 194 valence electrons. The van der Waals surface area contributed by atoms with Crippen molar-refractivity contribution in [1.82, 2.24) is 4.98 Å². The summed E-state index contributed by atoms with van der Waals surface area (Å²) in [5, 5.41) is 2.24. The molecule has 0 fully saturated rings. The molecule has 0 aliphatic rings. The van der Waals surface area contributed by atoms with E-state index < -0.39 is 0 Å². The van der Waals surface area contributed by atoms with E-state index in [-0.39, 0.29) is 13.1 Å². The Bertz CT molecular complexity index is 1460. The predicted molar refractivity (Wildman–Crippen MR) is 158 cm³/mol. The Labute approximate surface area is 235 Å². The number of aromatic nitrogens is 1. The van der Waals surface area contributed by atoms with Crippen LogP contribution in [0.3, 0.4) is 0 Å². The zero-order valence-corrected chi connectivity index (χ0v) is 25.3. The third kappa shape index (κ3) is 7.09. The van der Waals surface area contributed by atoms with Crippen LogP contribution in [0.25, 0.3) is 10.8 Å². The Hall–Kier alpha value is -2.49. The predicted octanol–water partition coefficient (Wildman–Crippen LogP) is 9.74. The summed E-state index contributed by atoms with van der Waals surface area (Å²) < 4.78 is 0. The van der Waals surface area contributed by atoms with Gasteiger partial charge in [-0.05, 0) is 89.1 Å². The van der Waals surface area contributed by atoms with Crippen molar-refractivity contribution in [3.8, 4) is 0 Å². The molecular formula is C31H33Cl2FeN3. The number of pyridine rings is 1. The molecule has 0 N–H and O–H groups in total. The minimum atomic E-state index is 0.194. The molecule has 0 saturated carbocycles. The molecule has 0 spiro atoms. The number of hydrogen-bond donors (Lipinski definition) is 0. The van der Waals surface area contributed by atoms with E-state index in [1.165, 1.54) is 33.4 Å². The van der Waals surface area contributed by atoms with Crippen molar-refractivity contribution in [3.63, 3.8) is 0 Å². The third-order valence-electron chi connectivity index (χ3n) is 6.28. The van der Waals surface area contributed by atoms with Crippen molar-refractivity contribution < 1.29 is 13.1 Å². The maximum atomic E-state index is 5.09. The van der Waals surface area contributed by atoms with Crippen molar-refractivity contribution in [1.29, 1.82) is 0 Å². The van der Waals surface area contributed by atoms with E-state index in [0.29, 0.717) is 0 Å². The first-order chi connectivity index (χ1) is 17.5. The van der Waals surface area contributed by atoms with Gasteiger partial charge in [0.2, 0.25) is 0 Å². The molecule has 3 aromatic carbocycles. The molecular weight excluding hydrogens is 541 g/mol. The number of rotatable bonds is 4.